The molecule has 3 rings (SSSR count). The van der Waals surface area contributed by atoms with E-state index in [9.17, 15) is 4.39 Å². The molecule has 0 saturated heterocycles. The standard InChI is InChI=1S/C23H27FO.C2H6/c1-5-16-9-11-18(20-15-17(25-4)10-12-22(20)24)19(14-16)21-8-6-7-13-23(21,2)3;1-2/h8-12,14-15H,5-7,13H2,1-4H3;1-2H3. The number of methoxy groups -OCH3 is 1. The summed E-state index contributed by atoms with van der Waals surface area (Å²) >= 11 is 0. The summed E-state index contributed by atoms with van der Waals surface area (Å²) in [5.41, 5.74) is 5.45. The maximum absolute atomic E-state index is 14.6. The third kappa shape index (κ3) is 4.61. The lowest BCUT2D eigenvalue weighted by atomic mass is 9.71. The summed E-state index contributed by atoms with van der Waals surface area (Å²) in [5, 5.41) is 0. The van der Waals surface area contributed by atoms with Crippen LogP contribution in [0.2, 0.25) is 0 Å². The summed E-state index contributed by atoms with van der Waals surface area (Å²) in [6, 6.07) is 11.4. The molecule has 1 nitrogen and oxygen atoms in total. The first kappa shape index (κ1) is 21.2. The van der Waals surface area contributed by atoms with Gasteiger partial charge in [0.05, 0.1) is 7.11 Å². The Labute approximate surface area is 164 Å². The fraction of sp³-hybridized carbons (Fsp3) is 0.440. The number of rotatable bonds is 4. The summed E-state index contributed by atoms with van der Waals surface area (Å²) in [5.74, 6) is 0.472. The molecule has 146 valence electrons. The van der Waals surface area contributed by atoms with E-state index in [1.807, 2.05) is 13.8 Å². The van der Waals surface area contributed by atoms with Crippen LogP contribution in [0, 0.1) is 11.2 Å². The summed E-state index contributed by atoms with van der Waals surface area (Å²) < 4.78 is 20.0. The van der Waals surface area contributed by atoms with Crippen LogP contribution in [-0.2, 0) is 6.42 Å². The van der Waals surface area contributed by atoms with Crippen LogP contribution in [0.4, 0.5) is 4.39 Å². The van der Waals surface area contributed by atoms with Gasteiger partial charge in [0.25, 0.3) is 0 Å². The quantitative estimate of drug-likeness (QED) is 0.537. The Bertz CT molecular complexity index is 802. The highest BCUT2D eigenvalue weighted by Crippen LogP contribution is 2.46. The van der Waals surface area contributed by atoms with E-state index in [0.717, 1.165) is 30.4 Å². The van der Waals surface area contributed by atoms with Crippen molar-refractivity contribution in [3.8, 4) is 16.9 Å². The molecule has 0 aromatic heterocycles. The number of allylic oxidation sites excluding steroid dienone is 2. The van der Waals surface area contributed by atoms with E-state index in [1.165, 1.54) is 23.6 Å². The zero-order valence-electron chi connectivity index (χ0n) is 17.7. The van der Waals surface area contributed by atoms with Gasteiger partial charge in [0, 0.05) is 5.56 Å². The smallest absolute Gasteiger partial charge is 0.131 e. The fourth-order valence-electron chi connectivity index (χ4n) is 3.78. The number of ether oxygens (including phenoxy) is 1. The van der Waals surface area contributed by atoms with Gasteiger partial charge in [-0.2, -0.15) is 0 Å². The molecule has 27 heavy (non-hydrogen) atoms. The molecule has 1 aliphatic carbocycles. The minimum atomic E-state index is -0.208. The zero-order valence-corrected chi connectivity index (χ0v) is 17.7. The predicted molar refractivity (Wildman–Crippen MR) is 115 cm³/mol. The predicted octanol–water partition coefficient (Wildman–Crippen LogP) is 7.68. The molecule has 0 unspecified atom stereocenters. The van der Waals surface area contributed by atoms with Crippen molar-refractivity contribution >= 4 is 5.57 Å². The van der Waals surface area contributed by atoms with Crippen molar-refractivity contribution < 1.29 is 9.13 Å². The lowest BCUT2D eigenvalue weighted by Gasteiger charge is -2.33. The highest BCUT2D eigenvalue weighted by molar-refractivity contribution is 5.84. The second-order valence-corrected chi connectivity index (χ2v) is 7.47. The van der Waals surface area contributed by atoms with Crippen molar-refractivity contribution in [1.82, 2.24) is 0 Å². The van der Waals surface area contributed by atoms with Crippen LogP contribution < -0.4 is 4.74 Å². The average molecular weight is 369 g/mol. The van der Waals surface area contributed by atoms with Crippen LogP contribution in [0.1, 0.15) is 65.0 Å². The van der Waals surface area contributed by atoms with Crippen LogP contribution in [0.3, 0.4) is 0 Å². The fourth-order valence-corrected chi connectivity index (χ4v) is 3.78. The minimum Gasteiger partial charge on any atom is -0.497 e. The van der Waals surface area contributed by atoms with Crippen molar-refractivity contribution in [3.05, 3.63) is 59.4 Å². The van der Waals surface area contributed by atoms with Crippen LogP contribution >= 0.6 is 0 Å². The normalized spacial score (nSPS) is 15.4. The molecule has 1 aliphatic rings. The van der Waals surface area contributed by atoms with E-state index in [2.05, 4.69) is 45.0 Å². The molecule has 2 heteroatoms. The van der Waals surface area contributed by atoms with Gasteiger partial charge >= 0.3 is 0 Å². The zero-order chi connectivity index (χ0) is 20.0. The molecule has 0 fully saturated rings. The van der Waals surface area contributed by atoms with Gasteiger partial charge < -0.3 is 4.74 Å². The van der Waals surface area contributed by atoms with Crippen LogP contribution in [0.25, 0.3) is 16.7 Å². The van der Waals surface area contributed by atoms with Gasteiger partial charge in [0.1, 0.15) is 11.6 Å². The van der Waals surface area contributed by atoms with Crippen molar-refractivity contribution in [2.24, 2.45) is 5.41 Å². The van der Waals surface area contributed by atoms with Gasteiger partial charge in [-0.25, -0.2) is 4.39 Å². The Hall–Kier alpha value is -2.09. The van der Waals surface area contributed by atoms with Crippen molar-refractivity contribution in [3.63, 3.8) is 0 Å². The summed E-state index contributed by atoms with van der Waals surface area (Å²) in [4.78, 5) is 0. The van der Waals surface area contributed by atoms with E-state index in [-0.39, 0.29) is 11.2 Å². The van der Waals surface area contributed by atoms with Crippen molar-refractivity contribution in [1.29, 1.82) is 0 Å². The minimum absolute atomic E-state index is 0.106. The molecule has 2 aromatic carbocycles. The monoisotopic (exact) mass is 368 g/mol. The number of hydrogen-bond acceptors (Lipinski definition) is 1. The van der Waals surface area contributed by atoms with E-state index in [4.69, 9.17) is 4.74 Å². The van der Waals surface area contributed by atoms with Crippen LogP contribution in [0.15, 0.2) is 42.5 Å². The van der Waals surface area contributed by atoms with Gasteiger partial charge in [-0.15, -0.1) is 0 Å². The Kier molecular flexibility index (Phi) is 7.24. The molecular weight excluding hydrogens is 335 g/mol. The van der Waals surface area contributed by atoms with Gasteiger partial charge in [-0.1, -0.05) is 58.9 Å². The highest BCUT2D eigenvalue weighted by atomic mass is 19.1. The molecule has 2 aromatic rings. The first-order valence-corrected chi connectivity index (χ1v) is 10.1. The van der Waals surface area contributed by atoms with Crippen molar-refractivity contribution in [2.45, 2.75) is 60.3 Å². The third-order valence-electron chi connectivity index (χ3n) is 5.33. The highest BCUT2D eigenvalue weighted by Gasteiger charge is 2.29. The van der Waals surface area contributed by atoms with E-state index >= 15 is 0 Å². The topological polar surface area (TPSA) is 9.23 Å². The number of hydrogen-bond donors (Lipinski definition) is 0. The molecule has 0 spiro atoms. The molecule has 0 radical (unpaired) electrons. The Morgan fingerprint density at radius 2 is 1.74 bits per heavy atom. The third-order valence-corrected chi connectivity index (χ3v) is 5.33. The van der Waals surface area contributed by atoms with Crippen molar-refractivity contribution in [2.75, 3.05) is 7.11 Å². The first-order valence-electron chi connectivity index (χ1n) is 10.1. The number of halogens is 1. The second kappa shape index (κ2) is 9.21. The Morgan fingerprint density at radius 1 is 1.00 bits per heavy atom. The SMILES string of the molecule is CC.CCc1ccc(-c2cc(OC)ccc2F)c(C2=CCCCC2(C)C)c1. The number of aryl methyl sites for hydroxylation is 1. The van der Waals surface area contributed by atoms with E-state index in [0.29, 0.717) is 11.3 Å². The average Bonchev–Trinajstić information content (AvgIpc) is 2.69. The molecule has 0 N–H and O–H groups in total. The molecule has 0 bridgehead atoms. The molecule has 0 amide bonds. The number of benzene rings is 2. The lowest BCUT2D eigenvalue weighted by Crippen LogP contribution is -2.17. The molecular formula is C25H33FO. The first-order chi connectivity index (χ1) is 13.0. The summed E-state index contributed by atoms with van der Waals surface area (Å²) in [7, 11) is 1.62. The summed E-state index contributed by atoms with van der Waals surface area (Å²) in [6.45, 7) is 10.7. The second-order valence-electron chi connectivity index (χ2n) is 7.47. The van der Waals surface area contributed by atoms with E-state index < -0.39 is 0 Å². The Balaban J connectivity index is 0.00000126. The van der Waals surface area contributed by atoms with Crippen LogP contribution in [-0.4, -0.2) is 7.11 Å². The van der Waals surface area contributed by atoms with Gasteiger partial charge in [-0.05, 0) is 71.6 Å². The molecule has 0 saturated carbocycles. The van der Waals surface area contributed by atoms with Gasteiger partial charge in [-0.3, -0.25) is 0 Å². The lowest BCUT2D eigenvalue weighted by molar-refractivity contribution is 0.414. The van der Waals surface area contributed by atoms with Gasteiger partial charge in [0.15, 0.2) is 0 Å². The van der Waals surface area contributed by atoms with Gasteiger partial charge in [0.2, 0.25) is 0 Å². The molecule has 0 atom stereocenters. The summed E-state index contributed by atoms with van der Waals surface area (Å²) in [6.07, 6.45) is 6.79. The maximum Gasteiger partial charge on any atom is 0.131 e. The molecule has 0 heterocycles. The molecule has 0 aliphatic heterocycles. The van der Waals surface area contributed by atoms with Crippen LogP contribution in [0.5, 0.6) is 5.75 Å². The Morgan fingerprint density at radius 3 is 2.37 bits per heavy atom. The largest absolute Gasteiger partial charge is 0.497 e. The van der Waals surface area contributed by atoms with E-state index in [1.54, 1.807) is 19.2 Å². The maximum atomic E-state index is 14.6.